The van der Waals surface area contributed by atoms with Crippen molar-refractivity contribution in [2.75, 3.05) is 4.31 Å². The van der Waals surface area contributed by atoms with Crippen LogP contribution in [0.3, 0.4) is 0 Å². The van der Waals surface area contributed by atoms with Crippen molar-refractivity contribution < 1.29 is 12.8 Å². The molecule has 1 aliphatic carbocycles. The molecule has 1 aliphatic rings. The smallest absolute Gasteiger partial charge is 0.247 e. The molecule has 1 aromatic heterocycles. The first-order valence-corrected chi connectivity index (χ1v) is 8.16. The molecule has 0 unspecified atom stereocenters. The fraction of sp³-hybridized carbons (Fsp3) is 0.267. The summed E-state index contributed by atoms with van der Waals surface area (Å²) in [4.78, 5) is 4.24. The van der Waals surface area contributed by atoms with Crippen LogP contribution < -0.4 is 4.31 Å². The van der Waals surface area contributed by atoms with Crippen molar-refractivity contribution in [1.82, 2.24) is 4.98 Å². The quantitative estimate of drug-likeness (QED) is 0.872. The van der Waals surface area contributed by atoms with E-state index in [4.69, 9.17) is 0 Å². The molecule has 1 heterocycles. The lowest BCUT2D eigenvalue weighted by Gasteiger charge is -2.23. The largest absolute Gasteiger partial charge is 0.265 e. The highest BCUT2D eigenvalue weighted by molar-refractivity contribution is 7.92. The van der Waals surface area contributed by atoms with Crippen molar-refractivity contribution in [3.63, 3.8) is 0 Å². The maximum absolute atomic E-state index is 13.4. The second kappa shape index (κ2) is 5.11. The fourth-order valence-electron chi connectivity index (χ4n) is 2.19. The number of rotatable bonds is 4. The zero-order valence-electron chi connectivity index (χ0n) is 11.5. The second-order valence-corrected chi connectivity index (χ2v) is 6.95. The first-order chi connectivity index (χ1) is 10.00. The summed E-state index contributed by atoms with van der Waals surface area (Å²) < 4.78 is 40.4. The molecular formula is C15H15FN2O2S. The number of benzene rings is 1. The van der Waals surface area contributed by atoms with Crippen LogP contribution in [0.2, 0.25) is 0 Å². The molecule has 3 rings (SSSR count). The zero-order valence-corrected chi connectivity index (χ0v) is 12.3. The molecule has 1 fully saturated rings. The topological polar surface area (TPSA) is 50.3 Å². The van der Waals surface area contributed by atoms with Gasteiger partial charge in [-0.15, -0.1) is 0 Å². The number of aryl methyl sites for hydroxylation is 1. The molecule has 0 bridgehead atoms. The number of nitrogens with zero attached hydrogens (tertiary/aromatic N) is 2. The third-order valence-corrected chi connectivity index (χ3v) is 5.29. The van der Waals surface area contributed by atoms with E-state index in [9.17, 15) is 12.8 Å². The van der Waals surface area contributed by atoms with Gasteiger partial charge in [-0.05, 0) is 55.7 Å². The predicted molar refractivity (Wildman–Crippen MR) is 78.1 cm³/mol. The lowest BCUT2D eigenvalue weighted by molar-refractivity contribution is 0.587. The molecule has 0 atom stereocenters. The van der Waals surface area contributed by atoms with E-state index in [2.05, 4.69) is 4.98 Å². The number of sulfonamides is 1. The Morgan fingerprint density at radius 1 is 1.24 bits per heavy atom. The van der Waals surface area contributed by atoms with E-state index >= 15 is 0 Å². The molecule has 0 radical (unpaired) electrons. The summed E-state index contributed by atoms with van der Waals surface area (Å²) in [5, 5.41) is 0. The summed E-state index contributed by atoms with van der Waals surface area (Å²) in [5.74, 6) is -0.00765. The molecule has 110 valence electrons. The van der Waals surface area contributed by atoms with E-state index in [-0.39, 0.29) is 10.9 Å². The van der Waals surface area contributed by atoms with Crippen molar-refractivity contribution in [2.45, 2.75) is 30.7 Å². The Kier molecular flexibility index (Phi) is 3.41. The normalized spacial score (nSPS) is 15.0. The lowest BCUT2D eigenvalue weighted by Crippen LogP contribution is -2.33. The lowest BCUT2D eigenvalue weighted by atomic mass is 10.2. The van der Waals surface area contributed by atoms with Crippen LogP contribution in [-0.2, 0) is 10.0 Å². The molecule has 0 spiro atoms. The van der Waals surface area contributed by atoms with Crippen LogP contribution in [-0.4, -0.2) is 19.4 Å². The van der Waals surface area contributed by atoms with Crippen LogP contribution in [0.15, 0.2) is 47.5 Å². The van der Waals surface area contributed by atoms with Crippen LogP contribution in [0, 0.1) is 12.7 Å². The Morgan fingerprint density at radius 3 is 2.57 bits per heavy atom. The van der Waals surface area contributed by atoms with Gasteiger partial charge in [-0.1, -0.05) is 6.07 Å². The summed E-state index contributed by atoms with van der Waals surface area (Å²) in [6.07, 6.45) is 3.20. The minimum Gasteiger partial charge on any atom is -0.247 e. The van der Waals surface area contributed by atoms with Crippen LogP contribution in [0.1, 0.15) is 18.4 Å². The van der Waals surface area contributed by atoms with Crippen molar-refractivity contribution in [2.24, 2.45) is 0 Å². The van der Waals surface area contributed by atoms with Crippen LogP contribution in [0.4, 0.5) is 10.2 Å². The molecule has 0 N–H and O–H groups in total. The Hall–Kier alpha value is -1.95. The van der Waals surface area contributed by atoms with Crippen LogP contribution in [0.5, 0.6) is 0 Å². The summed E-state index contributed by atoms with van der Waals surface area (Å²) in [6.45, 7) is 1.55. The first-order valence-electron chi connectivity index (χ1n) is 6.72. The molecule has 1 saturated carbocycles. The Balaban J connectivity index is 2.08. The number of aromatic nitrogens is 1. The van der Waals surface area contributed by atoms with E-state index in [0.29, 0.717) is 11.4 Å². The van der Waals surface area contributed by atoms with Gasteiger partial charge in [-0.25, -0.2) is 22.1 Å². The highest BCUT2D eigenvalue weighted by atomic mass is 32.2. The summed E-state index contributed by atoms with van der Waals surface area (Å²) in [5.41, 5.74) is 0.313. The van der Waals surface area contributed by atoms with Gasteiger partial charge in [0.25, 0.3) is 10.0 Å². The molecule has 21 heavy (non-hydrogen) atoms. The maximum Gasteiger partial charge on any atom is 0.265 e. The zero-order chi connectivity index (χ0) is 15.0. The van der Waals surface area contributed by atoms with Crippen molar-refractivity contribution in [3.05, 3.63) is 54.0 Å². The molecule has 1 aromatic carbocycles. The van der Waals surface area contributed by atoms with Crippen LogP contribution in [0.25, 0.3) is 0 Å². The third-order valence-electron chi connectivity index (χ3n) is 3.44. The second-order valence-electron chi connectivity index (χ2n) is 5.13. The highest BCUT2D eigenvalue weighted by Gasteiger charge is 2.39. The van der Waals surface area contributed by atoms with E-state index in [1.54, 1.807) is 31.3 Å². The molecule has 4 nitrogen and oxygen atoms in total. The summed E-state index contributed by atoms with van der Waals surface area (Å²) >= 11 is 0. The van der Waals surface area contributed by atoms with Crippen molar-refractivity contribution in [1.29, 1.82) is 0 Å². The molecule has 0 amide bonds. The van der Waals surface area contributed by atoms with E-state index in [0.717, 1.165) is 12.8 Å². The standard InChI is InChI=1S/C15H15FN2O2S/c1-11-10-13(7-8-14(11)16)21(19,20)18(12-5-6-12)15-4-2-3-9-17-15/h2-4,7-10,12H,5-6H2,1H3. The highest BCUT2D eigenvalue weighted by Crippen LogP contribution is 2.35. The fourth-order valence-corrected chi connectivity index (χ4v) is 3.94. The number of pyridine rings is 1. The monoisotopic (exact) mass is 306 g/mol. The van der Waals surface area contributed by atoms with Gasteiger partial charge >= 0.3 is 0 Å². The Morgan fingerprint density at radius 2 is 2.00 bits per heavy atom. The maximum atomic E-state index is 13.4. The average Bonchev–Trinajstić information content (AvgIpc) is 3.27. The Bertz CT molecular complexity index is 758. The van der Waals surface area contributed by atoms with Gasteiger partial charge in [0.2, 0.25) is 0 Å². The van der Waals surface area contributed by atoms with Crippen molar-refractivity contribution in [3.8, 4) is 0 Å². The summed E-state index contributed by atoms with van der Waals surface area (Å²) in [6, 6.07) is 8.96. The molecular weight excluding hydrogens is 291 g/mol. The number of halogens is 1. The van der Waals surface area contributed by atoms with Crippen molar-refractivity contribution >= 4 is 15.8 Å². The van der Waals surface area contributed by atoms with E-state index in [1.807, 2.05) is 0 Å². The van der Waals surface area contributed by atoms with Gasteiger partial charge in [0.15, 0.2) is 0 Å². The van der Waals surface area contributed by atoms with Crippen LogP contribution >= 0.6 is 0 Å². The van der Waals surface area contributed by atoms with Gasteiger partial charge in [0.05, 0.1) is 4.90 Å². The molecule has 0 saturated heterocycles. The van der Waals surface area contributed by atoms with Gasteiger partial charge in [-0.2, -0.15) is 0 Å². The average molecular weight is 306 g/mol. The molecule has 2 aromatic rings. The van der Waals surface area contributed by atoms with Gasteiger partial charge in [-0.3, -0.25) is 0 Å². The van der Waals surface area contributed by atoms with E-state index < -0.39 is 15.8 Å². The molecule has 0 aliphatic heterocycles. The SMILES string of the molecule is Cc1cc(S(=O)(=O)N(c2ccccn2)C2CC2)ccc1F. The molecule has 6 heteroatoms. The predicted octanol–water partition coefficient (Wildman–Crippen LogP) is 2.89. The number of hydrogen-bond donors (Lipinski definition) is 0. The first kappa shape index (κ1) is 14.0. The van der Waals surface area contributed by atoms with Gasteiger partial charge < -0.3 is 0 Å². The Labute approximate surface area is 123 Å². The minimum absolute atomic E-state index is 0.0599. The minimum atomic E-state index is -3.73. The summed E-state index contributed by atoms with van der Waals surface area (Å²) in [7, 11) is -3.73. The number of hydrogen-bond acceptors (Lipinski definition) is 3. The van der Waals surface area contributed by atoms with Gasteiger partial charge in [0, 0.05) is 12.2 Å². The number of anilines is 1. The van der Waals surface area contributed by atoms with E-state index in [1.165, 1.54) is 22.5 Å². The van der Waals surface area contributed by atoms with Gasteiger partial charge in [0.1, 0.15) is 11.6 Å². The third kappa shape index (κ3) is 2.63.